The molecule has 2 atom stereocenters. The lowest BCUT2D eigenvalue weighted by Crippen LogP contribution is -2.03. The quantitative estimate of drug-likeness (QED) is 0.515. The molecule has 0 heterocycles. The van der Waals surface area contributed by atoms with Crippen LogP contribution in [0.15, 0.2) is 79.4 Å². The first-order chi connectivity index (χ1) is 11.5. The van der Waals surface area contributed by atoms with Crippen LogP contribution in [0.4, 0.5) is 0 Å². The van der Waals surface area contributed by atoms with Crippen molar-refractivity contribution in [2.75, 3.05) is 0 Å². The number of rotatable bonds is 4. The molecule has 0 aliphatic heterocycles. The predicted octanol–water partition coefficient (Wildman–Crippen LogP) is 3.98. The van der Waals surface area contributed by atoms with Gasteiger partial charge in [-0.3, -0.25) is 4.79 Å². The first-order valence-electron chi connectivity index (χ1n) is 7.60. The fourth-order valence-electron chi connectivity index (χ4n) is 2.50. The number of benzene rings is 3. The molecule has 3 aromatic carbocycles. The Balaban J connectivity index is 1.91. The molecule has 3 heteroatoms. The van der Waals surface area contributed by atoms with Gasteiger partial charge in [-0.15, -0.1) is 18.5 Å². The monoisotopic (exact) mass is 348 g/mol. The van der Waals surface area contributed by atoms with Gasteiger partial charge in [0.1, 0.15) is 0 Å². The molecule has 0 bridgehead atoms. The van der Waals surface area contributed by atoms with Gasteiger partial charge in [0.05, 0.1) is 0 Å². The third kappa shape index (κ3) is 3.70. The van der Waals surface area contributed by atoms with Gasteiger partial charge in [0, 0.05) is 11.1 Å². The molecule has 0 aromatic heterocycles. The molecule has 0 aliphatic rings. The van der Waals surface area contributed by atoms with Crippen molar-refractivity contribution < 1.29 is 4.79 Å². The zero-order valence-corrected chi connectivity index (χ0v) is 15.5. The van der Waals surface area contributed by atoms with E-state index in [2.05, 4.69) is 25.1 Å². The number of carbonyl (C=O) groups is 1. The maximum Gasteiger partial charge on any atom is 0.193 e. The lowest BCUT2D eigenvalue weighted by atomic mass is 9.95. The molecule has 118 valence electrons. The third-order valence-corrected chi connectivity index (χ3v) is 4.68. The maximum atomic E-state index is 12.7. The highest BCUT2D eigenvalue weighted by atomic mass is 31.0. The minimum absolute atomic E-state index is 0.0231. The lowest BCUT2D eigenvalue weighted by Gasteiger charge is -2.09. The second kappa shape index (κ2) is 7.22. The van der Waals surface area contributed by atoms with Crippen molar-refractivity contribution in [1.29, 1.82) is 0 Å². The van der Waals surface area contributed by atoms with E-state index in [0.717, 1.165) is 27.3 Å². The zero-order chi connectivity index (χ0) is 17.1. The van der Waals surface area contributed by atoms with Crippen LogP contribution < -0.4 is 10.6 Å². The SMILES string of the molecule is C=C(c1ccc(P)cc1)c1cccc(C(=O)c2ccc(P)cc2)c1. The molecule has 0 saturated carbocycles. The number of carbonyl (C=O) groups excluding carboxylic acids is 1. The van der Waals surface area contributed by atoms with Gasteiger partial charge in [-0.1, -0.05) is 73.3 Å². The molecule has 24 heavy (non-hydrogen) atoms. The van der Waals surface area contributed by atoms with Crippen molar-refractivity contribution in [1.82, 2.24) is 0 Å². The van der Waals surface area contributed by atoms with Gasteiger partial charge in [0.2, 0.25) is 0 Å². The van der Waals surface area contributed by atoms with E-state index in [1.54, 1.807) is 0 Å². The van der Waals surface area contributed by atoms with E-state index in [4.69, 9.17) is 0 Å². The standard InChI is InChI=1S/C21H18OP2/c1-14(15-5-9-19(23)10-6-15)17-3-2-4-18(13-17)21(22)16-7-11-20(24)12-8-16/h2-13H,1,23-24H2. The fourth-order valence-corrected chi connectivity index (χ4v) is 2.89. The van der Waals surface area contributed by atoms with Crippen LogP contribution in [0, 0.1) is 0 Å². The van der Waals surface area contributed by atoms with E-state index in [0.29, 0.717) is 11.1 Å². The summed E-state index contributed by atoms with van der Waals surface area (Å²) in [7, 11) is 5.30. The summed E-state index contributed by atoms with van der Waals surface area (Å²) in [4.78, 5) is 12.7. The molecule has 0 saturated heterocycles. The van der Waals surface area contributed by atoms with Gasteiger partial charge in [-0.25, -0.2) is 0 Å². The van der Waals surface area contributed by atoms with Crippen molar-refractivity contribution in [3.8, 4) is 0 Å². The number of hydrogen-bond donors (Lipinski definition) is 0. The largest absolute Gasteiger partial charge is 0.289 e. The van der Waals surface area contributed by atoms with Crippen LogP contribution in [-0.4, -0.2) is 5.78 Å². The van der Waals surface area contributed by atoms with Gasteiger partial charge in [-0.05, 0) is 33.4 Å². The van der Waals surface area contributed by atoms with Crippen LogP contribution >= 0.6 is 18.5 Å². The minimum atomic E-state index is 0.0231. The molecule has 0 N–H and O–H groups in total. The Labute approximate surface area is 147 Å². The summed E-state index contributed by atoms with van der Waals surface area (Å²) in [6.07, 6.45) is 0. The smallest absolute Gasteiger partial charge is 0.193 e. The van der Waals surface area contributed by atoms with Gasteiger partial charge in [-0.2, -0.15) is 0 Å². The highest BCUT2D eigenvalue weighted by Crippen LogP contribution is 2.23. The summed E-state index contributed by atoms with van der Waals surface area (Å²) in [5, 5.41) is 2.19. The molecule has 0 fully saturated rings. The predicted molar refractivity (Wildman–Crippen MR) is 110 cm³/mol. The minimum Gasteiger partial charge on any atom is -0.289 e. The molecule has 0 spiro atoms. The van der Waals surface area contributed by atoms with Crippen molar-refractivity contribution >= 4 is 40.4 Å². The first-order valence-corrected chi connectivity index (χ1v) is 8.75. The molecule has 0 amide bonds. The second-order valence-corrected chi connectivity index (χ2v) is 6.97. The Morgan fingerprint density at radius 2 is 1.17 bits per heavy atom. The molecule has 0 radical (unpaired) electrons. The third-order valence-electron chi connectivity index (χ3n) is 3.91. The summed E-state index contributed by atoms with van der Waals surface area (Å²) in [6.45, 7) is 4.19. The number of hydrogen-bond acceptors (Lipinski definition) is 1. The van der Waals surface area contributed by atoms with E-state index in [-0.39, 0.29) is 5.78 Å². The highest BCUT2D eigenvalue weighted by Gasteiger charge is 2.11. The Hall–Kier alpha value is -2.07. The summed E-state index contributed by atoms with van der Waals surface area (Å²) >= 11 is 0. The van der Waals surface area contributed by atoms with Crippen LogP contribution in [0.5, 0.6) is 0 Å². The van der Waals surface area contributed by atoms with Crippen LogP contribution in [0.1, 0.15) is 27.0 Å². The van der Waals surface area contributed by atoms with Gasteiger partial charge in [0.25, 0.3) is 0 Å². The van der Waals surface area contributed by atoms with E-state index in [1.165, 1.54) is 0 Å². The van der Waals surface area contributed by atoms with Crippen molar-refractivity contribution in [2.24, 2.45) is 0 Å². The zero-order valence-electron chi connectivity index (χ0n) is 13.2. The van der Waals surface area contributed by atoms with Crippen LogP contribution in [0.2, 0.25) is 0 Å². The Morgan fingerprint density at radius 1 is 0.667 bits per heavy atom. The summed E-state index contributed by atoms with van der Waals surface area (Å²) < 4.78 is 0. The lowest BCUT2D eigenvalue weighted by molar-refractivity contribution is 0.103. The topological polar surface area (TPSA) is 17.1 Å². The van der Waals surface area contributed by atoms with Crippen molar-refractivity contribution in [3.05, 3.63) is 102 Å². The van der Waals surface area contributed by atoms with E-state index in [9.17, 15) is 4.79 Å². The average Bonchev–Trinajstić information content (AvgIpc) is 2.62. The molecule has 3 rings (SSSR count). The molecular formula is C21H18OP2. The Bertz CT molecular complexity index is 821. The van der Waals surface area contributed by atoms with Crippen molar-refractivity contribution in [2.45, 2.75) is 0 Å². The fraction of sp³-hybridized carbons (Fsp3) is 0. The van der Waals surface area contributed by atoms with Gasteiger partial charge >= 0.3 is 0 Å². The highest BCUT2D eigenvalue weighted by molar-refractivity contribution is 7.27. The van der Waals surface area contributed by atoms with Crippen LogP contribution in [0.25, 0.3) is 5.57 Å². The molecule has 2 unspecified atom stereocenters. The Kier molecular flexibility index (Phi) is 5.05. The first kappa shape index (κ1) is 16.8. The number of ketones is 1. The summed E-state index contributed by atoms with van der Waals surface area (Å²) in [5.74, 6) is 0.0231. The van der Waals surface area contributed by atoms with Crippen LogP contribution in [0.3, 0.4) is 0 Å². The maximum absolute atomic E-state index is 12.7. The van der Waals surface area contributed by atoms with E-state index >= 15 is 0 Å². The summed E-state index contributed by atoms with van der Waals surface area (Å²) in [6, 6.07) is 23.3. The summed E-state index contributed by atoms with van der Waals surface area (Å²) in [5.41, 5.74) is 4.29. The van der Waals surface area contributed by atoms with Gasteiger partial charge < -0.3 is 0 Å². The van der Waals surface area contributed by atoms with E-state index < -0.39 is 0 Å². The Morgan fingerprint density at radius 3 is 1.75 bits per heavy atom. The second-order valence-electron chi connectivity index (χ2n) is 5.63. The van der Waals surface area contributed by atoms with Crippen LogP contribution in [-0.2, 0) is 0 Å². The van der Waals surface area contributed by atoms with E-state index in [1.807, 2.05) is 72.8 Å². The molecule has 1 nitrogen and oxygen atoms in total. The molecular weight excluding hydrogens is 330 g/mol. The average molecular weight is 348 g/mol. The molecule has 0 aliphatic carbocycles. The van der Waals surface area contributed by atoms with Gasteiger partial charge in [0.15, 0.2) is 5.78 Å². The van der Waals surface area contributed by atoms with Crippen molar-refractivity contribution in [3.63, 3.8) is 0 Å². The molecule has 3 aromatic rings. The normalized spacial score (nSPS) is 10.4.